The highest BCUT2D eigenvalue weighted by molar-refractivity contribution is 5.99. The van der Waals surface area contributed by atoms with Gasteiger partial charge in [-0.3, -0.25) is 9.59 Å². The maximum Gasteiger partial charge on any atom is 0.268 e. The first-order valence-corrected chi connectivity index (χ1v) is 8.50. The van der Waals surface area contributed by atoms with Gasteiger partial charge < -0.3 is 15.2 Å². The molecule has 2 atom stereocenters. The summed E-state index contributed by atoms with van der Waals surface area (Å²) in [4.78, 5) is 24.2. The molecule has 26 heavy (non-hydrogen) atoms. The van der Waals surface area contributed by atoms with Crippen LogP contribution in [-0.4, -0.2) is 35.4 Å². The number of halogens is 2. The summed E-state index contributed by atoms with van der Waals surface area (Å²) in [6.07, 6.45) is 2.31. The molecule has 0 bridgehead atoms. The lowest BCUT2D eigenvalue weighted by Gasteiger charge is -2.33. The quantitative estimate of drug-likeness (QED) is 0.822. The van der Waals surface area contributed by atoms with Crippen LogP contribution in [-0.2, 0) is 7.05 Å². The van der Waals surface area contributed by atoms with Gasteiger partial charge in [-0.05, 0) is 43.7 Å². The Hall–Kier alpha value is -2.54. The number of nitrogens with one attached hydrogen (secondary N) is 2. The highest BCUT2D eigenvalue weighted by Crippen LogP contribution is 2.27. The standard InChI is InChI=1S/C19H21F2N3O2/c1-11(25)13-8-18(24(2)10-13)19(26)23-17-9-22-6-5-14(17)12-3-4-15(20)16(21)7-12/h3-4,7-8,10,14,17,22H,5-6,9H2,1-2H3,(H,23,26). The summed E-state index contributed by atoms with van der Waals surface area (Å²) in [5.74, 6) is -2.31. The molecule has 1 aliphatic heterocycles. The minimum absolute atomic E-state index is 0.112. The first-order valence-electron chi connectivity index (χ1n) is 8.50. The number of amides is 1. The zero-order valence-electron chi connectivity index (χ0n) is 14.7. The maximum atomic E-state index is 13.6. The SMILES string of the molecule is CC(=O)c1cc(C(=O)NC2CNCCC2c2ccc(F)c(F)c2)n(C)c1. The van der Waals surface area contributed by atoms with E-state index in [2.05, 4.69) is 10.6 Å². The van der Waals surface area contributed by atoms with Gasteiger partial charge >= 0.3 is 0 Å². The lowest BCUT2D eigenvalue weighted by Crippen LogP contribution is -2.50. The van der Waals surface area contributed by atoms with E-state index in [1.165, 1.54) is 13.0 Å². The third-order valence-electron chi connectivity index (χ3n) is 4.81. The van der Waals surface area contributed by atoms with Crippen molar-refractivity contribution in [2.45, 2.75) is 25.3 Å². The van der Waals surface area contributed by atoms with Gasteiger partial charge in [0.2, 0.25) is 0 Å². The topological polar surface area (TPSA) is 63.1 Å². The van der Waals surface area contributed by atoms with E-state index in [1.54, 1.807) is 29.9 Å². The molecule has 1 aromatic heterocycles. The number of carbonyl (C=O) groups excluding carboxylic acids is 2. The van der Waals surface area contributed by atoms with Crippen LogP contribution in [0.2, 0.25) is 0 Å². The lowest BCUT2D eigenvalue weighted by atomic mass is 9.86. The molecular weight excluding hydrogens is 340 g/mol. The fourth-order valence-corrected chi connectivity index (χ4v) is 3.38. The van der Waals surface area contributed by atoms with Crippen LogP contribution in [0.1, 0.15) is 45.7 Å². The fraction of sp³-hybridized carbons (Fsp3) is 0.368. The molecule has 2 unspecified atom stereocenters. The van der Waals surface area contributed by atoms with Crippen LogP contribution in [0.5, 0.6) is 0 Å². The number of hydrogen-bond acceptors (Lipinski definition) is 3. The number of piperidine rings is 1. The van der Waals surface area contributed by atoms with E-state index in [-0.39, 0.29) is 23.7 Å². The van der Waals surface area contributed by atoms with E-state index in [1.807, 2.05) is 0 Å². The van der Waals surface area contributed by atoms with Gasteiger partial charge in [-0.25, -0.2) is 8.78 Å². The molecule has 0 saturated carbocycles. The molecule has 3 rings (SSSR count). The lowest BCUT2D eigenvalue weighted by molar-refractivity contribution is 0.0916. The largest absolute Gasteiger partial charge is 0.346 e. The monoisotopic (exact) mass is 361 g/mol. The Kier molecular flexibility index (Phi) is 5.18. The van der Waals surface area contributed by atoms with Crippen molar-refractivity contribution in [1.82, 2.24) is 15.2 Å². The summed E-state index contributed by atoms with van der Waals surface area (Å²) >= 11 is 0. The third-order valence-corrected chi connectivity index (χ3v) is 4.81. The average Bonchev–Trinajstić information content (AvgIpc) is 3.00. The number of nitrogens with zero attached hydrogens (tertiary/aromatic N) is 1. The Morgan fingerprint density at radius 1 is 1.23 bits per heavy atom. The average molecular weight is 361 g/mol. The van der Waals surface area contributed by atoms with Crippen molar-refractivity contribution in [2.75, 3.05) is 13.1 Å². The number of ketones is 1. The molecular formula is C19H21F2N3O2. The van der Waals surface area contributed by atoms with Crippen LogP contribution in [0.3, 0.4) is 0 Å². The molecule has 1 aromatic carbocycles. The van der Waals surface area contributed by atoms with E-state index in [0.29, 0.717) is 29.8 Å². The van der Waals surface area contributed by atoms with E-state index in [0.717, 1.165) is 12.6 Å². The maximum absolute atomic E-state index is 13.6. The summed E-state index contributed by atoms with van der Waals surface area (Å²) < 4.78 is 28.4. The third kappa shape index (κ3) is 3.67. The van der Waals surface area contributed by atoms with Gasteiger partial charge in [-0.2, -0.15) is 0 Å². The number of aryl methyl sites for hydroxylation is 1. The van der Waals surface area contributed by atoms with Crippen LogP contribution >= 0.6 is 0 Å². The molecule has 1 saturated heterocycles. The van der Waals surface area contributed by atoms with Crippen molar-refractivity contribution >= 4 is 11.7 Å². The Balaban J connectivity index is 1.81. The normalized spacial score (nSPS) is 20.0. The Morgan fingerprint density at radius 2 is 2.00 bits per heavy atom. The van der Waals surface area contributed by atoms with Crippen LogP contribution in [0.4, 0.5) is 8.78 Å². The summed E-state index contributed by atoms with van der Waals surface area (Å²) in [6.45, 7) is 2.70. The molecule has 2 aromatic rings. The fourth-order valence-electron chi connectivity index (χ4n) is 3.38. The Bertz CT molecular complexity index is 847. The second-order valence-electron chi connectivity index (χ2n) is 6.63. The minimum Gasteiger partial charge on any atom is -0.346 e. The van der Waals surface area contributed by atoms with E-state index in [9.17, 15) is 18.4 Å². The van der Waals surface area contributed by atoms with Gasteiger partial charge in [0.1, 0.15) is 5.69 Å². The second-order valence-corrected chi connectivity index (χ2v) is 6.63. The zero-order chi connectivity index (χ0) is 18.8. The van der Waals surface area contributed by atoms with Crippen molar-refractivity contribution in [1.29, 1.82) is 0 Å². The molecule has 0 radical (unpaired) electrons. The Labute approximate surface area is 150 Å². The van der Waals surface area contributed by atoms with Crippen LogP contribution in [0.25, 0.3) is 0 Å². The van der Waals surface area contributed by atoms with Gasteiger partial charge in [0.15, 0.2) is 17.4 Å². The number of Topliss-reactive ketones (excluding diaryl/α,β-unsaturated/α-hetero) is 1. The number of carbonyl (C=O) groups is 2. The van der Waals surface area contributed by atoms with Gasteiger partial charge in [0.25, 0.3) is 5.91 Å². The summed E-state index contributed by atoms with van der Waals surface area (Å²) in [5, 5.41) is 6.17. The van der Waals surface area contributed by atoms with Crippen LogP contribution in [0, 0.1) is 11.6 Å². The predicted molar refractivity (Wildman–Crippen MR) is 93.3 cm³/mol. The first kappa shape index (κ1) is 18.3. The smallest absolute Gasteiger partial charge is 0.268 e. The number of hydrogen-bond donors (Lipinski definition) is 2. The predicted octanol–water partition coefficient (Wildman–Crippen LogP) is 2.38. The summed E-state index contributed by atoms with van der Waals surface area (Å²) in [5.41, 5.74) is 1.51. The van der Waals surface area contributed by atoms with Crippen LogP contribution < -0.4 is 10.6 Å². The van der Waals surface area contributed by atoms with Crippen molar-refractivity contribution in [3.05, 3.63) is 58.9 Å². The molecule has 5 nitrogen and oxygen atoms in total. The molecule has 138 valence electrons. The van der Waals surface area contributed by atoms with Gasteiger partial charge in [-0.1, -0.05) is 6.07 Å². The van der Waals surface area contributed by atoms with E-state index < -0.39 is 11.6 Å². The zero-order valence-corrected chi connectivity index (χ0v) is 14.7. The van der Waals surface area contributed by atoms with E-state index in [4.69, 9.17) is 0 Å². The molecule has 2 N–H and O–H groups in total. The Morgan fingerprint density at radius 3 is 2.65 bits per heavy atom. The molecule has 0 aliphatic carbocycles. The molecule has 7 heteroatoms. The van der Waals surface area contributed by atoms with Crippen molar-refractivity contribution in [2.24, 2.45) is 7.05 Å². The number of benzene rings is 1. The molecule has 1 fully saturated rings. The summed E-state index contributed by atoms with van der Waals surface area (Å²) in [6, 6.07) is 5.16. The molecule has 2 heterocycles. The van der Waals surface area contributed by atoms with Crippen molar-refractivity contribution in [3.8, 4) is 0 Å². The summed E-state index contributed by atoms with van der Waals surface area (Å²) in [7, 11) is 1.70. The van der Waals surface area contributed by atoms with Gasteiger partial charge in [-0.15, -0.1) is 0 Å². The highest BCUT2D eigenvalue weighted by Gasteiger charge is 2.29. The van der Waals surface area contributed by atoms with Gasteiger partial charge in [0, 0.05) is 37.3 Å². The highest BCUT2D eigenvalue weighted by atomic mass is 19.2. The molecule has 1 aliphatic rings. The van der Waals surface area contributed by atoms with Crippen molar-refractivity contribution < 1.29 is 18.4 Å². The first-order chi connectivity index (χ1) is 12.4. The molecule has 1 amide bonds. The number of rotatable bonds is 4. The van der Waals surface area contributed by atoms with Gasteiger partial charge in [0.05, 0.1) is 0 Å². The minimum atomic E-state index is -0.889. The van der Waals surface area contributed by atoms with Crippen molar-refractivity contribution in [3.63, 3.8) is 0 Å². The van der Waals surface area contributed by atoms with Crippen LogP contribution in [0.15, 0.2) is 30.5 Å². The number of aromatic nitrogens is 1. The molecule has 0 spiro atoms. The second kappa shape index (κ2) is 7.37. The van der Waals surface area contributed by atoms with E-state index >= 15 is 0 Å².